The number of carbonyl (C=O) groups is 3. The second kappa shape index (κ2) is 12.8. The molecule has 3 amide bonds. The number of fused-ring (bicyclic) bond motifs is 3. The highest BCUT2D eigenvalue weighted by Crippen LogP contribution is 2.56. The Kier molecular flexibility index (Phi) is 9.01. The molecule has 48 heavy (non-hydrogen) atoms. The van der Waals surface area contributed by atoms with Crippen LogP contribution in [0.15, 0.2) is 59.6 Å². The van der Waals surface area contributed by atoms with Crippen LogP contribution in [0.3, 0.4) is 0 Å². The molecule has 0 saturated carbocycles. The third kappa shape index (κ3) is 6.39. The molecule has 3 N–H and O–H groups in total. The van der Waals surface area contributed by atoms with Gasteiger partial charge in [0.2, 0.25) is 17.7 Å². The molecule has 4 aliphatic rings. The Morgan fingerprint density at radius 3 is 2.48 bits per heavy atom. The molecule has 2 saturated heterocycles. The zero-order valence-corrected chi connectivity index (χ0v) is 27.6. The number of benzene rings is 2. The highest BCUT2D eigenvalue weighted by atomic mass is 19.4. The summed E-state index contributed by atoms with van der Waals surface area (Å²) >= 11 is 0. The largest absolute Gasteiger partial charge is 0.401 e. The molecule has 0 radical (unpaired) electrons. The maximum absolute atomic E-state index is 14.2. The van der Waals surface area contributed by atoms with Crippen molar-refractivity contribution >= 4 is 29.6 Å². The van der Waals surface area contributed by atoms with Crippen molar-refractivity contribution < 1.29 is 27.6 Å². The monoisotopic (exact) mass is 664 g/mol. The number of carbonyl (C=O) groups excluding carboxylic acids is 3. The number of alkyl halides is 3. The van der Waals surface area contributed by atoms with Gasteiger partial charge in [-0.25, -0.2) is 0 Å². The van der Waals surface area contributed by atoms with E-state index in [9.17, 15) is 27.6 Å². The van der Waals surface area contributed by atoms with E-state index in [-0.39, 0.29) is 62.9 Å². The number of hydrogen-bond donors (Lipinski definition) is 3. The van der Waals surface area contributed by atoms with Crippen LogP contribution in [0.5, 0.6) is 0 Å². The molecule has 6 rings (SSSR count). The van der Waals surface area contributed by atoms with Gasteiger partial charge < -0.3 is 20.9 Å². The van der Waals surface area contributed by atoms with Gasteiger partial charge in [-0.3, -0.25) is 24.3 Å². The van der Waals surface area contributed by atoms with Gasteiger partial charge in [0.25, 0.3) is 0 Å². The van der Waals surface area contributed by atoms with Gasteiger partial charge in [0.15, 0.2) is 0 Å². The van der Waals surface area contributed by atoms with E-state index in [0.717, 1.165) is 22.3 Å². The fraction of sp³-hybridized carbons (Fsp3) is 0.500. The first-order chi connectivity index (χ1) is 22.7. The lowest BCUT2D eigenvalue weighted by Gasteiger charge is -2.41. The molecule has 2 fully saturated rings. The minimum Gasteiger partial charge on any atom is -0.333 e. The van der Waals surface area contributed by atoms with Crippen LogP contribution < -0.4 is 16.0 Å². The molecule has 2 unspecified atom stereocenters. The SMILES string of the molecule is CNCc1ccccc1CN(CC(=O)Nc1ccc2c(c1)C[C@@]1(C2)C(=O)NC2N=CC=CC21C)C(=O)C1(C)CCN(CC(F)(F)F)CC1. The van der Waals surface area contributed by atoms with E-state index >= 15 is 0 Å². The fourth-order valence-corrected chi connectivity index (χ4v) is 7.94. The third-order valence-corrected chi connectivity index (χ3v) is 10.9. The Balaban J connectivity index is 1.19. The summed E-state index contributed by atoms with van der Waals surface area (Å²) in [4.78, 5) is 48.5. The Labute approximate surface area is 279 Å². The summed E-state index contributed by atoms with van der Waals surface area (Å²) in [5.74, 6) is -0.654. The standard InChI is InChI=1S/C36H43F3N6O3/c1-33(12-15-44(16-13-33)23-36(37,38)39)32(48)45(21-26-8-5-4-7-25(26)20-40-3)22-29(46)42-28-10-9-24-18-35(19-27(24)17-28)31(47)43-30-34(35,2)11-6-14-41-30/h4-11,14,17,30,40H,12-13,15-16,18-23H2,1-3H3,(H,42,46)(H,43,47)/t30?,34?,35-/m0/s1. The first-order valence-electron chi connectivity index (χ1n) is 16.5. The third-order valence-electron chi connectivity index (χ3n) is 10.9. The van der Waals surface area contributed by atoms with Crippen molar-refractivity contribution in [1.82, 2.24) is 20.4 Å². The number of piperidine rings is 1. The van der Waals surface area contributed by atoms with E-state index in [4.69, 9.17) is 0 Å². The molecule has 3 heterocycles. The van der Waals surface area contributed by atoms with Gasteiger partial charge in [0.05, 0.1) is 12.0 Å². The topological polar surface area (TPSA) is 106 Å². The number of anilines is 1. The average Bonchev–Trinajstić information content (AvgIpc) is 3.53. The van der Waals surface area contributed by atoms with Gasteiger partial charge >= 0.3 is 6.18 Å². The summed E-state index contributed by atoms with van der Waals surface area (Å²) < 4.78 is 39.1. The van der Waals surface area contributed by atoms with Crippen molar-refractivity contribution in [3.05, 3.63) is 76.9 Å². The van der Waals surface area contributed by atoms with Crippen LogP contribution in [0.2, 0.25) is 0 Å². The molecule has 3 atom stereocenters. The highest BCUT2D eigenvalue weighted by molar-refractivity contribution is 5.96. The molecule has 2 aromatic rings. The van der Waals surface area contributed by atoms with Crippen molar-refractivity contribution in [2.45, 2.75) is 65.0 Å². The smallest absolute Gasteiger partial charge is 0.333 e. The van der Waals surface area contributed by atoms with Crippen molar-refractivity contribution in [2.75, 3.05) is 38.5 Å². The van der Waals surface area contributed by atoms with Crippen LogP contribution in [0, 0.1) is 16.2 Å². The molecule has 9 nitrogen and oxygen atoms in total. The lowest BCUT2D eigenvalue weighted by molar-refractivity contribution is -0.156. The Morgan fingerprint density at radius 2 is 1.77 bits per heavy atom. The highest BCUT2D eigenvalue weighted by Gasteiger charge is 2.64. The van der Waals surface area contributed by atoms with Gasteiger partial charge in [0, 0.05) is 35.8 Å². The molecular formula is C36H43F3N6O3. The number of hydrogen-bond acceptors (Lipinski definition) is 6. The van der Waals surface area contributed by atoms with E-state index in [1.807, 2.05) is 55.6 Å². The summed E-state index contributed by atoms with van der Waals surface area (Å²) in [6.45, 7) is 3.69. The molecule has 0 aromatic heterocycles. The van der Waals surface area contributed by atoms with Crippen molar-refractivity contribution in [2.24, 2.45) is 21.2 Å². The molecule has 12 heteroatoms. The van der Waals surface area contributed by atoms with Crippen LogP contribution >= 0.6 is 0 Å². The summed E-state index contributed by atoms with van der Waals surface area (Å²) in [5, 5.41) is 9.17. The van der Waals surface area contributed by atoms with Crippen molar-refractivity contribution in [3.8, 4) is 0 Å². The minimum atomic E-state index is -4.30. The maximum atomic E-state index is 14.2. The second-order valence-corrected chi connectivity index (χ2v) is 14.2. The molecule has 1 spiro atoms. The van der Waals surface area contributed by atoms with Gasteiger partial charge in [-0.15, -0.1) is 0 Å². The van der Waals surface area contributed by atoms with E-state index in [1.165, 1.54) is 9.80 Å². The van der Waals surface area contributed by atoms with Crippen LogP contribution in [-0.4, -0.2) is 79.3 Å². The molecule has 0 bridgehead atoms. The average molecular weight is 665 g/mol. The van der Waals surface area contributed by atoms with Crippen LogP contribution in [0.4, 0.5) is 18.9 Å². The first-order valence-corrected chi connectivity index (χ1v) is 16.5. The number of dihydropyridines is 1. The quantitative estimate of drug-likeness (QED) is 0.373. The molecule has 1 aliphatic carbocycles. The number of allylic oxidation sites excluding steroid dienone is 1. The number of nitrogens with one attached hydrogen (secondary N) is 3. The van der Waals surface area contributed by atoms with Crippen molar-refractivity contribution in [3.63, 3.8) is 0 Å². The second-order valence-electron chi connectivity index (χ2n) is 14.2. The Hall–Kier alpha value is -4.03. The summed E-state index contributed by atoms with van der Waals surface area (Å²) in [7, 11) is 1.83. The van der Waals surface area contributed by atoms with Gasteiger partial charge in [-0.2, -0.15) is 13.2 Å². The van der Waals surface area contributed by atoms with Crippen LogP contribution in [-0.2, 0) is 40.3 Å². The number of nitrogens with zero attached hydrogens (tertiary/aromatic N) is 3. The van der Waals surface area contributed by atoms with E-state index in [0.29, 0.717) is 25.1 Å². The number of amides is 3. The summed E-state index contributed by atoms with van der Waals surface area (Å²) in [5.41, 5.74) is 2.42. The number of aliphatic imine (C=N–C) groups is 1. The summed E-state index contributed by atoms with van der Waals surface area (Å²) in [6.07, 6.45) is 2.67. The van der Waals surface area contributed by atoms with Crippen LogP contribution in [0.25, 0.3) is 0 Å². The Bertz CT molecular complexity index is 1650. The lowest BCUT2D eigenvalue weighted by Crippen LogP contribution is -2.51. The predicted octanol–water partition coefficient (Wildman–Crippen LogP) is 4.23. The summed E-state index contributed by atoms with van der Waals surface area (Å²) in [6, 6.07) is 13.4. The van der Waals surface area contributed by atoms with Crippen LogP contribution in [0.1, 0.15) is 48.9 Å². The molecule has 2 aromatic carbocycles. The van der Waals surface area contributed by atoms with Gasteiger partial charge in [-0.05, 0) is 86.3 Å². The Morgan fingerprint density at radius 1 is 1.06 bits per heavy atom. The van der Waals surface area contributed by atoms with E-state index in [2.05, 4.69) is 33.9 Å². The minimum absolute atomic E-state index is 0.0223. The number of halogens is 3. The lowest BCUT2D eigenvalue weighted by atomic mass is 9.62. The zero-order valence-electron chi connectivity index (χ0n) is 27.6. The van der Waals surface area contributed by atoms with E-state index < -0.39 is 29.0 Å². The van der Waals surface area contributed by atoms with Gasteiger partial charge in [0.1, 0.15) is 12.7 Å². The number of likely N-dealkylation sites (tertiary alicyclic amines) is 1. The fourth-order valence-electron chi connectivity index (χ4n) is 7.94. The molecule has 3 aliphatic heterocycles. The normalized spacial score (nSPS) is 25.9. The molecule has 256 valence electrons. The maximum Gasteiger partial charge on any atom is 0.401 e. The number of rotatable bonds is 9. The van der Waals surface area contributed by atoms with E-state index in [1.54, 1.807) is 13.1 Å². The predicted molar refractivity (Wildman–Crippen MR) is 177 cm³/mol. The molecular weight excluding hydrogens is 621 g/mol. The zero-order chi connectivity index (χ0) is 34.3. The first kappa shape index (κ1) is 33.9. The van der Waals surface area contributed by atoms with Crippen molar-refractivity contribution in [1.29, 1.82) is 0 Å². The van der Waals surface area contributed by atoms with Gasteiger partial charge in [-0.1, -0.05) is 50.3 Å².